The molecule has 0 saturated heterocycles. The molecule has 1 amide bonds. The lowest BCUT2D eigenvalue weighted by molar-refractivity contribution is -0.116. The number of fused-ring (bicyclic) bond motifs is 1. The highest BCUT2D eigenvalue weighted by molar-refractivity contribution is 5.90. The number of amides is 1. The zero-order chi connectivity index (χ0) is 16.1. The predicted molar refractivity (Wildman–Crippen MR) is 88.3 cm³/mol. The monoisotopic (exact) mass is 313 g/mol. The van der Waals surface area contributed by atoms with E-state index in [1.807, 2.05) is 6.07 Å². The van der Waals surface area contributed by atoms with Gasteiger partial charge in [-0.3, -0.25) is 4.79 Å². The second-order valence-corrected chi connectivity index (χ2v) is 6.09. The summed E-state index contributed by atoms with van der Waals surface area (Å²) in [5.41, 5.74) is 3.69. The summed E-state index contributed by atoms with van der Waals surface area (Å²) in [7, 11) is 0. The van der Waals surface area contributed by atoms with Gasteiger partial charge in [-0.2, -0.15) is 4.98 Å². The van der Waals surface area contributed by atoms with Gasteiger partial charge in [0.15, 0.2) is 5.82 Å². The molecule has 122 valence electrons. The van der Waals surface area contributed by atoms with Crippen molar-refractivity contribution in [3.05, 3.63) is 41.0 Å². The Kier molecular flexibility index (Phi) is 5.05. The molecule has 2 aromatic rings. The van der Waals surface area contributed by atoms with Crippen molar-refractivity contribution in [1.82, 2.24) is 10.1 Å². The summed E-state index contributed by atoms with van der Waals surface area (Å²) in [6.07, 6.45) is 7.16. The van der Waals surface area contributed by atoms with Crippen LogP contribution in [0.25, 0.3) is 0 Å². The number of carbonyl (C=O) groups excluding carboxylic acids is 1. The third-order valence-electron chi connectivity index (χ3n) is 4.16. The van der Waals surface area contributed by atoms with Crippen molar-refractivity contribution in [3.8, 4) is 0 Å². The number of nitrogens with zero attached hydrogens (tertiary/aromatic N) is 2. The minimum atomic E-state index is 0.0382. The van der Waals surface area contributed by atoms with Crippen LogP contribution in [-0.4, -0.2) is 16.0 Å². The molecule has 1 heterocycles. The molecule has 1 aliphatic carbocycles. The smallest absolute Gasteiger partial charge is 0.226 e. The Bertz CT molecular complexity index is 679. The molecule has 5 heteroatoms. The number of aromatic nitrogens is 2. The van der Waals surface area contributed by atoms with Gasteiger partial charge in [0, 0.05) is 24.9 Å². The van der Waals surface area contributed by atoms with E-state index in [2.05, 4.69) is 34.5 Å². The molecule has 0 radical (unpaired) electrons. The van der Waals surface area contributed by atoms with Crippen LogP contribution in [0.15, 0.2) is 22.7 Å². The summed E-state index contributed by atoms with van der Waals surface area (Å²) < 4.78 is 5.17. The van der Waals surface area contributed by atoms with Crippen molar-refractivity contribution in [2.45, 2.75) is 58.3 Å². The summed E-state index contributed by atoms with van der Waals surface area (Å²) in [6, 6.07) is 6.23. The van der Waals surface area contributed by atoms with Gasteiger partial charge < -0.3 is 9.84 Å². The fourth-order valence-electron chi connectivity index (χ4n) is 2.99. The van der Waals surface area contributed by atoms with Crippen molar-refractivity contribution in [3.63, 3.8) is 0 Å². The maximum Gasteiger partial charge on any atom is 0.226 e. The summed E-state index contributed by atoms with van der Waals surface area (Å²) in [5, 5.41) is 6.90. The Hall–Kier alpha value is -2.17. The molecule has 5 nitrogen and oxygen atoms in total. The van der Waals surface area contributed by atoms with Gasteiger partial charge in [0.25, 0.3) is 0 Å². The number of benzene rings is 1. The van der Waals surface area contributed by atoms with E-state index < -0.39 is 0 Å². The van der Waals surface area contributed by atoms with E-state index >= 15 is 0 Å². The molecule has 3 rings (SSSR count). The molecule has 0 aliphatic heterocycles. The third kappa shape index (κ3) is 4.18. The number of nitrogens with one attached hydrogen (secondary N) is 1. The summed E-state index contributed by atoms with van der Waals surface area (Å²) >= 11 is 0. The van der Waals surface area contributed by atoms with E-state index in [9.17, 15) is 4.79 Å². The van der Waals surface area contributed by atoms with Crippen LogP contribution in [0.2, 0.25) is 0 Å². The lowest BCUT2D eigenvalue weighted by Gasteiger charge is -2.07. The molecule has 0 atom stereocenters. The summed E-state index contributed by atoms with van der Waals surface area (Å²) in [5.74, 6) is 1.42. The van der Waals surface area contributed by atoms with Gasteiger partial charge in [-0.05, 0) is 55.4 Å². The first-order valence-corrected chi connectivity index (χ1v) is 8.47. The van der Waals surface area contributed by atoms with Crippen LogP contribution >= 0.6 is 0 Å². The van der Waals surface area contributed by atoms with E-state index in [-0.39, 0.29) is 5.91 Å². The zero-order valence-electron chi connectivity index (χ0n) is 13.6. The lowest BCUT2D eigenvalue weighted by Crippen LogP contribution is -2.11. The lowest BCUT2D eigenvalue weighted by atomic mass is 10.1. The second-order valence-electron chi connectivity index (χ2n) is 6.09. The summed E-state index contributed by atoms with van der Waals surface area (Å²) in [4.78, 5) is 16.3. The van der Waals surface area contributed by atoms with Crippen molar-refractivity contribution >= 4 is 11.6 Å². The minimum Gasteiger partial charge on any atom is -0.339 e. The average molecular weight is 313 g/mol. The maximum absolute atomic E-state index is 12.0. The fraction of sp³-hybridized carbons (Fsp3) is 0.500. The molecular weight excluding hydrogens is 290 g/mol. The number of rotatable bonds is 7. The highest BCUT2D eigenvalue weighted by Gasteiger charge is 2.12. The number of hydrogen-bond donors (Lipinski definition) is 1. The Labute approximate surface area is 136 Å². The van der Waals surface area contributed by atoms with E-state index in [1.54, 1.807) is 0 Å². The molecule has 0 spiro atoms. The van der Waals surface area contributed by atoms with Gasteiger partial charge in [0.1, 0.15) is 0 Å². The number of carbonyl (C=O) groups is 1. The first-order valence-electron chi connectivity index (χ1n) is 8.47. The largest absolute Gasteiger partial charge is 0.339 e. The van der Waals surface area contributed by atoms with Gasteiger partial charge in [0.05, 0.1) is 0 Å². The first kappa shape index (κ1) is 15.7. The molecule has 23 heavy (non-hydrogen) atoms. The highest BCUT2D eigenvalue weighted by atomic mass is 16.5. The molecule has 0 saturated carbocycles. The van der Waals surface area contributed by atoms with Gasteiger partial charge >= 0.3 is 0 Å². The quantitative estimate of drug-likeness (QED) is 0.850. The standard InChI is InChI=1S/C18H23N3O2/c1-2-5-16-20-18(23-21-16)9-4-8-17(22)19-15-11-10-13-6-3-7-14(13)12-15/h10-12H,2-9H2,1H3,(H,19,22). The minimum absolute atomic E-state index is 0.0382. The van der Waals surface area contributed by atoms with Crippen molar-refractivity contribution in [2.24, 2.45) is 0 Å². The zero-order valence-corrected chi connectivity index (χ0v) is 13.6. The van der Waals surface area contributed by atoms with Crippen LogP contribution in [0.5, 0.6) is 0 Å². The third-order valence-corrected chi connectivity index (χ3v) is 4.16. The first-order chi connectivity index (χ1) is 11.2. The molecule has 1 N–H and O–H groups in total. The fourth-order valence-corrected chi connectivity index (χ4v) is 2.99. The van der Waals surface area contributed by atoms with Crippen LogP contribution in [0, 0.1) is 0 Å². The van der Waals surface area contributed by atoms with Crippen molar-refractivity contribution in [1.29, 1.82) is 0 Å². The number of aryl methyl sites for hydroxylation is 4. The SMILES string of the molecule is CCCc1noc(CCCC(=O)Nc2ccc3c(c2)CCC3)n1. The van der Waals surface area contributed by atoms with E-state index in [4.69, 9.17) is 4.52 Å². The molecule has 0 bridgehead atoms. The highest BCUT2D eigenvalue weighted by Crippen LogP contribution is 2.25. The van der Waals surface area contributed by atoms with Gasteiger partial charge in [0.2, 0.25) is 11.8 Å². The molecule has 0 unspecified atom stereocenters. The summed E-state index contributed by atoms with van der Waals surface area (Å²) in [6.45, 7) is 2.08. The van der Waals surface area contributed by atoms with Crippen molar-refractivity contribution < 1.29 is 9.32 Å². The molecular formula is C18H23N3O2. The van der Waals surface area contributed by atoms with Crippen molar-refractivity contribution in [2.75, 3.05) is 5.32 Å². The Morgan fingerprint density at radius 1 is 1.26 bits per heavy atom. The Morgan fingerprint density at radius 3 is 3.00 bits per heavy atom. The van der Waals surface area contributed by atoms with E-state index in [1.165, 1.54) is 17.5 Å². The van der Waals surface area contributed by atoms with Gasteiger partial charge in [-0.1, -0.05) is 18.1 Å². The topological polar surface area (TPSA) is 68.0 Å². The molecule has 1 aromatic heterocycles. The Morgan fingerprint density at radius 2 is 2.13 bits per heavy atom. The number of hydrogen-bond acceptors (Lipinski definition) is 4. The van der Waals surface area contributed by atoms with Gasteiger partial charge in [-0.25, -0.2) is 0 Å². The maximum atomic E-state index is 12.0. The predicted octanol–water partition coefficient (Wildman–Crippen LogP) is 3.47. The molecule has 0 fully saturated rings. The van der Waals surface area contributed by atoms with Crippen LogP contribution in [0.3, 0.4) is 0 Å². The molecule has 1 aromatic carbocycles. The van der Waals surface area contributed by atoms with Crippen LogP contribution < -0.4 is 5.32 Å². The van der Waals surface area contributed by atoms with E-state index in [0.717, 1.165) is 37.2 Å². The van der Waals surface area contributed by atoms with E-state index in [0.29, 0.717) is 25.2 Å². The second kappa shape index (κ2) is 7.40. The Balaban J connectivity index is 1.44. The van der Waals surface area contributed by atoms with Crippen LogP contribution in [0.4, 0.5) is 5.69 Å². The van der Waals surface area contributed by atoms with Crippen LogP contribution in [0.1, 0.15) is 55.4 Å². The van der Waals surface area contributed by atoms with Crippen LogP contribution in [-0.2, 0) is 30.5 Å². The normalized spacial score (nSPS) is 13.1. The van der Waals surface area contributed by atoms with Gasteiger partial charge in [-0.15, -0.1) is 0 Å². The number of anilines is 1. The average Bonchev–Trinajstić information content (AvgIpc) is 3.16. The molecule has 1 aliphatic rings.